The van der Waals surface area contributed by atoms with Gasteiger partial charge in [-0.1, -0.05) is 38.1 Å². The molecule has 0 bridgehead atoms. The van der Waals surface area contributed by atoms with E-state index in [1.807, 2.05) is 0 Å². The summed E-state index contributed by atoms with van der Waals surface area (Å²) in [5, 5.41) is 6.74. The fourth-order valence-electron chi connectivity index (χ4n) is 1.65. The van der Waals surface area contributed by atoms with Crippen LogP contribution in [0, 0.1) is 12.8 Å². The lowest BCUT2D eigenvalue weighted by Gasteiger charge is -2.20. The van der Waals surface area contributed by atoms with Gasteiger partial charge in [-0.15, -0.1) is 0 Å². The van der Waals surface area contributed by atoms with E-state index in [1.165, 1.54) is 11.1 Å². The SMILES string of the molecule is CCNC(=NCc1ccccc1C)NC(C)C(C)C. The van der Waals surface area contributed by atoms with Gasteiger partial charge in [-0.2, -0.15) is 0 Å². The molecule has 0 saturated heterocycles. The van der Waals surface area contributed by atoms with Crippen LogP contribution in [0.4, 0.5) is 0 Å². The summed E-state index contributed by atoms with van der Waals surface area (Å²) in [5.74, 6) is 1.48. The minimum atomic E-state index is 0.412. The molecule has 3 nitrogen and oxygen atoms in total. The highest BCUT2D eigenvalue weighted by molar-refractivity contribution is 5.80. The first-order chi connectivity index (χ1) is 9.04. The quantitative estimate of drug-likeness (QED) is 0.631. The summed E-state index contributed by atoms with van der Waals surface area (Å²) in [4.78, 5) is 4.66. The van der Waals surface area contributed by atoms with Crippen LogP contribution < -0.4 is 10.6 Å². The number of rotatable bonds is 5. The third-order valence-corrected chi connectivity index (χ3v) is 3.38. The molecule has 0 aliphatic heterocycles. The number of benzene rings is 1. The molecular formula is C16H27N3. The first-order valence-corrected chi connectivity index (χ1v) is 7.14. The van der Waals surface area contributed by atoms with Gasteiger partial charge >= 0.3 is 0 Å². The Balaban J connectivity index is 2.70. The van der Waals surface area contributed by atoms with Gasteiger partial charge in [0.05, 0.1) is 6.54 Å². The maximum Gasteiger partial charge on any atom is 0.191 e. The molecule has 19 heavy (non-hydrogen) atoms. The molecule has 2 N–H and O–H groups in total. The monoisotopic (exact) mass is 261 g/mol. The Kier molecular flexibility index (Phi) is 6.40. The van der Waals surface area contributed by atoms with Gasteiger partial charge in [0.15, 0.2) is 5.96 Å². The van der Waals surface area contributed by atoms with E-state index in [9.17, 15) is 0 Å². The minimum absolute atomic E-state index is 0.412. The van der Waals surface area contributed by atoms with Gasteiger partial charge < -0.3 is 10.6 Å². The Hall–Kier alpha value is -1.51. The van der Waals surface area contributed by atoms with Crippen molar-refractivity contribution in [3.8, 4) is 0 Å². The summed E-state index contributed by atoms with van der Waals surface area (Å²) in [6, 6.07) is 8.80. The summed E-state index contributed by atoms with van der Waals surface area (Å²) in [5.41, 5.74) is 2.57. The summed E-state index contributed by atoms with van der Waals surface area (Å²) >= 11 is 0. The van der Waals surface area contributed by atoms with Gasteiger partial charge in [-0.3, -0.25) is 0 Å². The van der Waals surface area contributed by atoms with Gasteiger partial charge in [-0.25, -0.2) is 4.99 Å². The number of aryl methyl sites for hydroxylation is 1. The molecule has 0 aromatic heterocycles. The Morgan fingerprint density at radius 3 is 2.47 bits per heavy atom. The molecule has 1 aromatic carbocycles. The molecule has 0 fully saturated rings. The number of aliphatic imine (C=N–C) groups is 1. The highest BCUT2D eigenvalue weighted by atomic mass is 15.2. The number of hydrogen-bond donors (Lipinski definition) is 2. The van der Waals surface area contributed by atoms with Crippen LogP contribution in [0.2, 0.25) is 0 Å². The molecule has 1 rings (SSSR count). The van der Waals surface area contributed by atoms with E-state index >= 15 is 0 Å². The van der Waals surface area contributed by atoms with E-state index in [0.717, 1.165) is 12.5 Å². The molecular weight excluding hydrogens is 234 g/mol. The Bertz CT molecular complexity index is 410. The molecule has 0 aliphatic rings. The molecule has 3 heteroatoms. The Morgan fingerprint density at radius 2 is 1.89 bits per heavy atom. The topological polar surface area (TPSA) is 36.4 Å². The van der Waals surface area contributed by atoms with Crippen molar-refractivity contribution < 1.29 is 0 Å². The van der Waals surface area contributed by atoms with Crippen LogP contribution >= 0.6 is 0 Å². The minimum Gasteiger partial charge on any atom is -0.357 e. The Morgan fingerprint density at radius 1 is 1.21 bits per heavy atom. The standard InChI is InChI=1S/C16H27N3/c1-6-17-16(19-14(5)12(2)3)18-11-15-10-8-7-9-13(15)4/h7-10,12,14H,6,11H2,1-5H3,(H2,17,18,19). The smallest absolute Gasteiger partial charge is 0.191 e. The fourth-order valence-corrected chi connectivity index (χ4v) is 1.65. The van der Waals surface area contributed by atoms with Crippen molar-refractivity contribution in [2.45, 2.75) is 47.2 Å². The van der Waals surface area contributed by atoms with Crippen molar-refractivity contribution in [2.24, 2.45) is 10.9 Å². The van der Waals surface area contributed by atoms with E-state index in [4.69, 9.17) is 0 Å². The molecule has 0 heterocycles. The molecule has 0 spiro atoms. The third-order valence-electron chi connectivity index (χ3n) is 3.38. The fraction of sp³-hybridized carbons (Fsp3) is 0.562. The first-order valence-electron chi connectivity index (χ1n) is 7.14. The summed E-state index contributed by atoms with van der Waals surface area (Å²) < 4.78 is 0. The summed E-state index contributed by atoms with van der Waals surface area (Å²) in [6.45, 7) is 12.4. The normalized spacial score (nSPS) is 13.5. The average molecular weight is 261 g/mol. The van der Waals surface area contributed by atoms with Crippen LogP contribution in [0.3, 0.4) is 0 Å². The van der Waals surface area contributed by atoms with Crippen LogP contribution in [0.5, 0.6) is 0 Å². The lowest BCUT2D eigenvalue weighted by Crippen LogP contribution is -2.44. The van der Waals surface area contributed by atoms with Crippen molar-refractivity contribution in [3.63, 3.8) is 0 Å². The van der Waals surface area contributed by atoms with E-state index in [-0.39, 0.29) is 0 Å². The Labute approximate surface area is 117 Å². The maximum atomic E-state index is 4.66. The van der Waals surface area contributed by atoms with E-state index < -0.39 is 0 Å². The molecule has 0 saturated carbocycles. The molecule has 0 amide bonds. The van der Waals surface area contributed by atoms with Gasteiger partial charge in [0, 0.05) is 12.6 Å². The van der Waals surface area contributed by atoms with Gasteiger partial charge in [0.1, 0.15) is 0 Å². The van der Waals surface area contributed by atoms with Crippen molar-refractivity contribution >= 4 is 5.96 Å². The molecule has 1 aromatic rings. The average Bonchev–Trinajstić information content (AvgIpc) is 2.37. The van der Waals surface area contributed by atoms with Crippen molar-refractivity contribution in [3.05, 3.63) is 35.4 Å². The molecule has 106 valence electrons. The van der Waals surface area contributed by atoms with E-state index in [2.05, 4.69) is 74.5 Å². The maximum absolute atomic E-state index is 4.66. The number of guanidine groups is 1. The zero-order chi connectivity index (χ0) is 14.3. The van der Waals surface area contributed by atoms with Crippen LogP contribution in [0.1, 0.15) is 38.8 Å². The largest absolute Gasteiger partial charge is 0.357 e. The second kappa shape index (κ2) is 7.82. The predicted molar refractivity (Wildman–Crippen MR) is 83.4 cm³/mol. The lowest BCUT2D eigenvalue weighted by molar-refractivity contribution is 0.481. The molecule has 1 atom stereocenters. The molecule has 1 unspecified atom stereocenters. The lowest BCUT2D eigenvalue weighted by atomic mass is 10.1. The van der Waals surface area contributed by atoms with Crippen LogP contribution in [0.15, 0.2) is 29.3 Å². The third kappa shape index (κ3) is 5.33. The zero-order valence-electron chi connectivity index (χ0n) is 12.8. The first kappa shape index (κ1) is 15.5. The van der Waals surface area contributed by atoms with Crippen molar-refractivity contribution in [1.29, 1.82) is 0 Å². The zero-order valence-corrected chi connectivity index (χ0v) is 12.8. The van der Waals surface area contributed by atoms with E-state index in [0.29, 0.717) is 18.5 Å². The highest BCUT2D eigenvalue weighted by Crippen LogP contribution is 2.08. The molecule has 0 aliphatic carbocycles. The van der Waals surface area contributed by atoms with Crippen molar-refractivity contribution in [2.75, 3.05) is 6.54 Å². The number of hydrogen-bond acceptors (Lipinski definition) is 1. The number of nitrogens with one attached hydrogen (secondary N) is 2. The van der Waals surface area contributed by atoms with Crippen LogP contribution in [-0.4, -0.2) is 18.5 Å². The summed E-state index contributed by atoms with van der Waals surface area (Å²) in [6.07, 6.45) is 0. The van der Waals surface area contributed by atoms with Crippen molar-refractivity contribution in [1.82, 2.24) is 10.6 Å². The molecule has 0 radical (unpaired) electrons. The van der Waals surface area contributed by atoms with Gasteiger partial charge in [0.25, 0.3) is 0 Å². The number of nitrogens with zero attached hydrogens (tertiary/aromatic N) is 1. The van der Waals surface area contributed by atoms with Crippen LogP contribution in [0.25, 0.3) is 0 Å². The second-order valence-corrected chi connectivity index (χ2v) is 5.30. The second-order valence-electron chi connectivity index (χ2n) is 5.30. The predicted octanol–water partition coefficient (Wildman–Crippen LogP) is 3.09. The van der Waals surface area contributed by atoms with E-state index in [1.54, 1.807) is 0 Å². The van der Waals surface area contributed by atoms with Crippen LogP contribution in [-0.2, 0) is 6.54 Å². The van der Waals surface area contributed by atoms with Gasteiger partial charge in [-0.05, 0) is 37.8 Å². The summed E-state index contributed by atoms with van der Waals surface area (Å²) in [7, 11) is 0. The highest BCUT2D eigenvalue weighted by Gasteiger charge is 2.08. The van der Waals surface area contributed by atoms with Gasteiger partial charge in [0.2, 0.25) is 0 Å².